The van der Waals surface area contributed by atoms with Crippen LogP contribution < -0.4 is 4.74 Å². The maximum Gasteiger partial charge on any atom is 0.159 e. The summed E-state index contributed by atoms with van der Waals surface area (Å²) in [6.45, 7) is 5.27. The van der Waals surface area contributed by atoms with Gasteiger partial charge in [-0.3, -0.25) is 0 Å². The molecule has 1 heterocycles. The Hall–Kier alpha value is -1.94. The number of hydrogen-bond acceptors (Lipinski definition) is 4. The Bertz CT molecular complexity index is 746. The van der Waals surface area contributed by atoms with Gasteiger partial charge in [0.2, 0.25) is 0 Å². The minimum Gasteiger partial charge on any atom is -0.494 e. The molecule has 4 nitrogen and oxygen atoms in total. The Morgan fingerprint density at radius 1 is 0.686 bits per heavy atom. The molecule has 0 aliphatic rings. The van der Waals surface area contributed by atoms with E-state index >= 15 is 0 Å². The van der Waals surface area contributed by atoms with Crippen LogP contribution in [0.25, 0.3) is 11.4 Å². The first kappa shape index (κ1) is 29.3. The molecule has 0 aliphatic heterocycles. The monoisotopic (exact) mass is 482 g/mol. The number of nitrogens with zero attached hydrogens (tertiary/aromatic N) is 2. The van der Waals surface area contributed by atoms with Crippen LogP contribution in [0.1, 0.15) is 122 Å². The molecule has 0 aliphatic carbocycles. The number of hydrogen-bond donors (Lipinski definition) is 1. The van der Waals surface area contributed by atoms with Crippen LogP contribution in [0.4, 0.5) is 0 Å². The normalized spacial score (nSPS) is 12.1. The number of aliphatic hydroxyl groups is 1. The lowest BCUT2D eigenvalue weighted by Gasteiger charge is -2.10. The highest BCUT2D eigenvalue weighted by Crippen LogP contribution is 2.20. The molecule has 0 saturated heterocycles. The third kappa shape index (κ3) is 13.7. The highest BCUT2D eigenvalue weighted by atomic mass is 16.5. The van der Waals surface area contributed by atoms with E-state index in [0.29, 0.717) is 0 Å². The highest BCUT2D eigenvalue weighted by molar-refractivity contribution is 5.55. The molecule has 196 valence electrons. The Labute approximate surface area is 214 Å². The zero-order valence-electron chi connectivity index (χ0n) is 22.5. The van der Waals surface area contributed by atoms with E-state index < -0.39 is 0 Å². The van der Waals surface area contributed by atoms with E-state index in [1.54, 1.807) is 0 Å². The van der Waals surface area contributed by atoms with Gasteiger partial charge in [-0.1, -0.05) is 97.3 Å². The maximum absolute atomic E-state index is 10.2. The fraction of sp³-hybridized carbons (Fsp3) is 0.677. The summed E-state index contributed by atoms with van der Waals surface area (Å²) < 4.78 is 5.92. The molecule has 0 saturated carbocycles. The molecule has 1 atom stereocenters. The van der Waals surface area contributed by atoms with Crippen molar-refractivity contribution >= 4 is 0 Å². The Morgan fingerprint density at radius 2 is 1.23 bits per heavy atom. The van der Waals surface area contributed by atoms with Crippen LogP contribution in [-0.4, -0.2) is 27.8 Å². The topological polar surface area (TPSA) is 55.2 Å². The van der Waals surface area contributed by atoms with Crippen molar-refractivity contribution in [1.82, 2.24) is 9.97 Å². The number of aryl methyl sites for hydroxylation is 1. The number of ether oxygens (including phenoxy) is 1. The summed E-state index contributed by atoms with van der Waals surface area (Å²) >= 11 is 0. The largest absolute Gasteiger partial charge is 0.494 e. The number of unbranched alkanes of at least 4 members (excludes halogenated alkanes) is 12. The van der Waals surface area contributed by atoms with Gasteiger partial charge in [0.05, 0.1) is 12.7 Å². The molecule has 1 N–H and O–H groups in total. The van der Waals surface area contributed by atoms with Crippen molar-refractivity contribution in [3.8, 4) is 17.1 Å². The van der Waals surface area contributed by atoms with E-state index in [-0.39, 0.29) is 6.10 Å². The second-order valence-electron chi connectivity index (χ2n) is 10.0. The smallest absolute Gasteiger partial charge is 0.159 e. The van der Waals surface area contributed by atoms with Gasteiger partial charge in [0.1, 0.15) is 5.75 Å². The Kier molecular flexibility index (Phi) is 16.1. The summed E-state index contributed by atoms with van der Waals surface area (Å²) in [4.78, 5) is 9.08. The Morgan fingerprint density at radius 3 is 1.83 bits per heavy atom. The van der Waals surface area contributed by atoms with Crippen LogP contribution in [0.5, 0.6) is 5.75 Å². The molecule has 0 spiro atoms. The molecule has 0 fully saturated rings. The van der Waals surface area contributed by atoms with Gasteiger partial charge in [0, 0.05) is 18.0 Å². The first-order chi connectivity index (χ1) is 17.2. The minimum absolute atomic E-state index is 0.223. The van der Waals surface area contributed by atoms with Crippen LogP contribution in [0.3, 0.4) is 0 Å². The first-order valence-corrected chi connectivity index (χ1v) is 14.4. The zero-order valence-corrected chi connectivity index (χ0v) is 22.5. The van der Waals surface area contributed by atoms with Crippen molar-refractivity contribution in [2.24, 2.45) is 0 Å². The lowest BCUT2D eigenvalue weighted by molar-refractivity contribution is 0.151. The number of aromatic nitrogens is 2. The molecule has 35 heavy (non-hydrogen) atoms. The molecule has 1 aromatic heterocycles. The van der Waals surface area contributed by atoms with Gasteiger partial charge in [0.15, 0.2) is 5.82 Å². The van der Waals surface area contributed by atoms with Gasteiger partial charge in [-0.25, -0.2) is 9.97 Å². The minimum atomic E-state index is -0.223. The SMILES string of the molecule is CCCCCCCCCCCCOc1ccc(-c2ncc(CC[C@H](O)CCCCCC)cn2)cc1. The molecule has 2 aromatic rings. The fourth-order valence-electron chi connectivity index (χ4n) is 4.40. The van der Waals surface area contributed by atoms with Crippen molar-refractivity contribution in [1.29, 1.82) is 0 Å². The van der Waals surface area contributed by atoms with Crippen LogP contribution in [0, 0.1) is 0 Å². The first-order valence-electron chi connectivity index (χ1n) is 14.4. The number of rotatable bonds is 21. The summed E-state index contributed by atoms with van der Waals surface area (Å²) in [5, 5.41) is 10.2. The van der Waals surface area contributed by atoms with E-state index in [2.05, 4.69) is 23.8 Å². The van der Waals surface area contributed by atoms with Crippen LogP contribution in [0.15, 0.2) is 36.7 Å². The van der Waals surface area contributed by atoms with Gasteiger partial charge in [-0.05, 0) is 55.5 Å². The van der Waals surface area contributed by atoms with E-state index in [4.69, 9.17) is 4.74 Å². The third-order valence-electron chi connectivity index (χ3n) is 6.74. The van der Waals surface area contributed by atoms with Crippen LogP contribution in [0.2, 0.25) is 0 Å². The molecule has 0 bridgehead atoms. The number of aliphatic hydroxyl groups excluding tert-OH is 1. The van der Waals surface area contributed by atoms with Crippen molar-refractivity contribution in [2.45, 2.75) is 129 Å². The average molecular weight is 483 g/mol. The second-order valence-corrected chi connectivity index (χ2v) is 10.0. The highest BCUT2D eigenvalue weighted by Gasteiger charge is 2.07. The van der Waals surface area contributed by atoms with Crippen LogP contribution >= 0.6 is 0 Å². The van der Waals surface area contributed by atoms with E-state index in [9.17, 15) is 5.11 Å². The summed E-state index contributed by atoms with van der Waals surface area (Å²) in [5.74, 6) is 1.64. The molecule has 0 unspecified atom stereocenters. The van der Waals surface area contributed by atoms with Gasteiger partial charge in [0.25, 0.3) is 0 Å². The van der Waals surface area contributed by atoms with Crippen molar-refractivity contribution in [3.05, 3.63) is 42.2 Å². The molecule has 4 heteroatoms. The van der Waals surface area contributed by atoms with Gasteiger partial charge < -0.3 is 9.84 Å². The summed E-state index contributed by atoms with van der Waals surface area (Å²) in [6, 6.07) is 8.08. The second kappa shape index (κ2) is 19.3. The van der Waals surface area contributed by atoms with E-state index in [0.717, 1.165) is 61.4 Å². The molecule has 1 aromatic carbocycles. The molecular formula is C31H50N2O2. The maximum atomic E-state index is 10.2. The predicted molar refractivity (Wildman–Crippen MR) is 148 cm³/mol. The van der Waals surface area contributed by atoms with Crippen LogP contribution in [-0.2, 0) is 6.42 Å². The van der Waals surface area contributed by atoms with E-state index in [1.165, 1.54) is 77.0 Å². The van der Waals surface area contributed by atoms with Crippen molar-refractivity contribution in [3.63, 3.8) is 0 Å². The predicted octanol–water partition coefficient (Wildman–Crippen LogP) is 8.71. The fourth-order valence-corrected chi connectivity index (χ4v) is 4.40. The van der Waals surface area contributed by atoms with Gasteiger partial charge in [-0.2, -0.15) is 0 Å². The zero-order chi connectivity index (χ0) is 25.0. The lowest BCUT2D eigenvalue weighted by atomic mass is 10.0. The Balaban J connectivity index is 1.59. The molecular weight excluding hydrogens is 432 g/mol. The number of benzene rings is 1. The van der Waals surface area contributed by atoms with Gasteiger partial charge in [-0.15, -0.1) is 0 Å². The average Bonchev–Trinajstić information content (AvgIpc) is 2.89. The molecule has 0 amide bonds. The van der Waals surface area contributed by atoms with Gasteiger partial charge >= 0.3 is 0 Å². The third-order valence-corrected chi connectivity index (χ3v) is 6.74. The summed E-state index contributed by atoms with van der Waals surface area (Å²) in [6.07, 6.45) is 24.2. The summed E-state index contributed by atoms with van der Waals surface area (Å²) in [7, 11) is 0. The molecule has 2 rings (SSSR count). The lowest BCUT2D eigenvalue weighted by Crippen LogP contribution is -2.08. The summed E-state index contributed by atoms with van der Waals surface area (Å²) in [5.41, 5.74) is 2.08. The van der Waals surface area contributed by atoms with Crippen molar-refractivity contribution < 1.29 is 9.84 Å². The quantitative estimate of drug-likeness (QED) is 0.181. The standard InChI is InChI=1S/C31H50N2O2/c1-3-5-7-9-10-11-12-13-14-16-24-35-30-22-19-28(20-23-30)31-32-25-27(26-33-31)18-21-29(34)17-15-8-6-4-2/h19-20,22-23,25-26,29,34H,3-18,21,24H2,1-2H3/t29-/m1/s1. The molecule has 0 radical (unpaired) electrons. The van der Waals surface area contributed by atoms with E-state index in [1.807, 2.05) is 36.7 Å². The van der Waals surface area contributed by atoms with Crippen molar-refractivity contribution in [2.75, 3.05) is 6.61 Å².